The van der Waals surface area contributed by atoms with Crippen LogP contribution in [-0.2, 0) is 16.1 Å². The molecule has 0 N–H and O–H groups in total. The van der Waals surface area contributed by atoms with Gasteiger partial charge in [-0.05, 0) is 19.1 Å². The molecule has 12 heavy (non-hydrogen) atoms. The topological polar surface area (TPSA) is 48.7 Å². The maximum atomic E-state index is 10.6. The van der Waals surface area contributed by atoms with Crippen molar-refractivity contribution in [2.45, 2.75) is 6.61 Å². The van der Waals surface area contributed by atoms with E-state index < -0.39 is 6.16 Å². The van der Waals surface area contributed by atoms with Crippen LogP contribution in [0, 0.1) is 6.92 Å². The van der Waals surface area contributed by atoms with Crippen LogP contribution in [0.1, 0.15) is 5.76 Å². The molecule has 1 aromatic rings. The highest BCUT2D eigenvalue weighted by atomic mass is 16.7. The van der Waals surface area contributed by atoms with E-state index in [9.17, 15) is 4.79 Å². The SMILES string of the molecule is [CH2]COC(=O)OCc1ccco1. The molecule has 0 atom stereocenters. The first-order chi connectivity index (χ1) is 5.83. The van der Waals surface area contributed by atoms with E-state index in [-0.39, 0.29) is 13.2 Å². The van der Waals surface area contributed by atoms with E-state index in [1.165, 1.54) is 6.26 Å². The van der Waals surface area contributed by atoms with Crippen LogP contribution in [0.4, 0.5) is 4.79 Å². The molecule has 0 fully saturated rings. The number of hydrogen-bond donors (Lipinski definition) is 0. The van der Waals surface area contributed by atoms with Gasteiger partial charge in [-0.15, -0.1) is 0 Å². The monoisotopic (exact) mass is 169 g/mol. The molecule has 0 bridgehead atoms. The van der Waals surface area contributed by atoms with Gasteiger partial charge in [-0.25, -0.2) is 4.79 Å². The summed E-state index contributed by atoms with van der Waals surface area (Å²) in [6.07, 6.45) is 0.771. The van der Waals surface area contributed by atoms with E-state index in [4.69, 9.17) is 4.42 Å². The molecular weight excluding hydrogens is 160 g/mol. The van der Waals surface area contributed by atoms with Crippen molar-refractivity contribution in [2.75, 3.05) is 6.61 Å². The van der Waals surface area contributed by atoms with Crippen LogP contribution in [-0.4, -0.2) is 12.8 Å². The van der Waals surface area contributed by atoms with Crippen LogP contribution in [0.25, 0.3) is 0 Å². The van der Waals surface area contributed by atoms with Gasteiger partial charge in [-0.1, -0.05) is 0 Å². The van der Waals surface area contributed by atoms with E-state index >= 15 is 0 Å². The van der Waals surface area contributed by atoms with Gasteiger partial charge in [-0.2, -0.15) is 0 Å². The zero-order valence-electron chi connectivity index (χ0n) is 6.49. The minimum atomic E-state index is -0.735. The third-order valence-electron chi connectivity index (χ3n) is 1.13. The number of furan rings is 1. The van der Waals surface area contributed by atoms with Gasteiger partial charge in [0.2, 0.25) is 0 Å². The highest BCUT2D eigenvalue weighted by molar-refractivity contribution is 5.59. The van der Waals surface area contributed by atoms with Crippen LogP contribution in [0.5, 0.6) is 0 Å². The minimum absolute atomic E-state index is 0.0665. The second-order valence-corrected chi connectivity index (χ2v) is 1.97. The maximum absolute atomic E-state index is 10.6. The average molecular weight is 169 g/mol. The predicted octanol–water partition coefficient (Wildman–Crippen LogP) is 1.77. The zero-order valence-corrected chi connectivity index (χ0v) is 6.49. The molecule has 0 aliphatic carbocycles. The molecule has 0 spiro atoms. The van der Waals surface area contributed by atoms with Gasteiger partial charge in [-0.3, -0.25) is 0 Å². The molecule has 4 heteroatoms. The first-order valence-corrected chi connectivity index (χ1v) is 3.44. The van der Waals surface area contributed by atoms with Crippen molar-refractivity contribution in [3.8, 4) is 0 Å². The average Bonchev–Trinajstić information content (AvgIpc) is 2.53. The second kappa shape index (κ2) is 4.43. The van der Waals surface area contributed by atoms with E-state index in [0.717, 1.165) is 0 Å². The Morgan fingerprint density at radius 1 is 1.58 bits per heavy atom. The summed E-state index contributed by atoms with van der Waals surface area (Å²) in [4.78, 5) is 10.6. The fourth-order valence-electron chi connectivity index (χ4n) is 0.650. The lowest BCUT2D eigenvalue weighted by Gasteiger charge is -2.01. The molecule has 4 nitrogen and oxygen atoms in total. The zero-order chi connectivity index (χ0) is 8.81. The summed E-state index contributed by atoms with van der Waals surface area (Å²) in [6, 6.07) is 3.42. The van der Waals surface area contributed by atoms with Crippen LogP contribution < -0.4 is 0 Å². The smallest absolute Gasteiger partial charge is 0.466 e. The van der Waals surface area contributed by atoms with E-state index in [1.807, 2.05) is 0 Å². The largest absolute Gasteiger partial charge is 0.508 e. The number of carbonyl (C=O) groups is 1. The Balaban J connectivity index is 2.22. The highest BCUT2D eigenvalue weighted by Gasteiger charge is 2.03. The summed E-state index contributed by atoms with van der Waals surface area (Å²) in [5, 5.41) is 0. The summed E-state index contributed by atoms with van der Waals surface area (Å²) >= 11 is 0. The van der Waals surface area contributed by atoms with Crippen LogP contribution in [0.2, 0.25) is 0 Å². The number of carbonyl (C=O) groups excluding carboxylic acids is 1. The Morgan fingerprint density at radius 2 is 2.42 bits per heavy atom. The Morgan fingerprint density at radius 3 is 3.00 bits per heavy atom. The van der Waals surface area contributed by atoms with Crippen LogP contribution in [0.15, 0.2) is 22.8 Å². The van der Waals surface area contributed by atoms with Gasteiger partial charge in [0.05, 0.1) is 12.9 Å². The van der Waals surface area contributed by atoms with E-state index in [1.54, 1.807) is 12.1 Å². The molecule has 0 aromatic carbocycles. The van der Waals surface area contributed by atoms with E-state index in [2.05, 4.69) is 16.4 Å². The van der Waals surface area contributed by atoms with Crippen molar-refractivity contribution in [3.05, 3.63) is 31.1 Å². The fraction of sp³-hybridized carbons (Fsp3) is 0.250. The molecule has 1 radical (unpaired) electrons. The molecule has 0 unspecified atom stereocenters. The van der Waals surface area contributed by atoms with Gasteiger partial charge in [0.1, 0.15) is 5.76 Å². The summed E-state index contributed by atoms with van der Waals surface area (Å²) < 4.78 is 14.0. The van der Waals surface area contributed by atoms with Gasteiger partial charge in [0.25, 0.3) is 0 Å². The summed E-state index contributed by atoms with van der Waals surface area (Å²) in [6.45, 7) is 3.48. The molecular formula is C8H9O4. The molecule has 0 saturated heterocycles. The molecule has 0 aliphatic rings. The maximum Gasteiger partial charge on any atom is 0.508 e. The summed E-state index contributed by atoms with van der Waals surface area (Å²) in [5.74, 6) is 0.580. The van der Waals surface area contributed by atoms with Gasteiger partial charge in [0, 0.05) is 0 Å². The lowest BCUT2D eigenvalue weighted by Crippen LogP contribution is -2.06. The van der Waals surface area contributed by atoms with Crippen molar-refractivity contribution in [1.29, 1.82) is 0 Å². The van der Waals surface area contributed by atoms with Crippen molar-refractivity contribution >= 4 is 6.16 Å². The van der Waals surface area contributed by atoms with Crippen LogP contribution >= 0.6 is 0 Å². The molecule has 1 heterocycles. The van der Waals surface area contributed by atoms with Crippen molar-refractivity contribution < 1.29 is 18.7 Å². The third-order valence-corrected chi connectivity index (χ3v) is 1.13. The first-order valence-electron chi connectivity index (χ1n) is 3.44. The highest BCUT2D eigenvalue weighted by Crippen LogP contribution is 2.02. The lowest BCUT2D eigenvalue weighted by molar-refractivity contribution is 0.0524. The molecule has 0 saturated carbocycles. The summed E-state index contributed by atoms with van der Waals surface area (Å²) in [5.41, 5.74) is 0. The number of ether oxygens (including phenoxy) is 2. The lowest BCUT2D eigenvalue weighted by atomic mass is 10.5. The van der Waals surface area contributed by atoms with Crippen molar-refractivity contribution in [3.63, 3.8) is 0 Å². The molecule has 0 amide bonds. The van der Waals surface area contributed by atoms with Gasteiger partial charge >= 0.3 is 6.16 Å². The van der Waals surface area contributed by atoms with Gasteiger partial charge < -0.3 is 13.9 Å². The molecule has 0 aliphatic heterocycles. The molecule has 1 aromatic heterocycles. The summed E-state index contributed by atoms with van der Waals surface area (Å²) in [7, 11) is 0. The number of rotatable bonds is 3. The second-order valence-electron chi connectivity index (χ2n) is 1.97. The standard InChI is InChI=1S/C8H9O4/c1-2-10-8(9)12-6-7-4-3-5-11-7/h3-5H,1-2,6H2. The Bertz CT molecular complexity index is 227. The first kappa shape index (κ1) is 8.64. The minimum Gasteiger partial charge on any atom is -0.466 e. The Hall–Kier alpha value is -1.45. The van der Waals surface area contributed by atoms with Crippen molar-refractivity contribution in [1.82, 2.24) is 0 Å². The van der Waals surface area contributed by atoms with E-state index in [0.29, 0.717) is 5.76 Å². The van der Waals surface area contributed by atoms with Crippen molar-refractivity contribution in [2.24, 2.45) is 0 Å². The third kappa shape index (κ3) is 2.65. The normalized spacial score (nSPS) is 9.42. The quantitative estimate of drug-likeness (QED) is 0.647. The molecule has 65 valence electrons. The number of hydrogen-bond acceptors (Lipinski definition) is 4. The fourth-order valence-corrected chi connectivity index (χ4v) is 0.650. The Kier molecular flexibility index (Phi) is 3.19. The Labute approximate surface area is 70.1 Å². The van der Waals surface area contributed by atoms with Crippen LogP contribution in [0.3, 0.4) is 0 Å². The molecule has 1 rings (SSSR count). The van der Waals surface area contributed by atoms with Gasteiger partial charge in [0.15, 0.2) is 6.61 Å². The predicted molar refractivity (Wildman–Crippen MR) is 40.2 cm³/mol.